The fourth-order valence-corrected chi connectivity index (χ4v) is 3.96. The molecule has 0 aliphatic carbocycles. The van der Waals surface area contributed by atoms with E-state index in [9.17, 15) is 8.42 Å². The van der Waals surface area contributed by atoms with Crippen LogP contribution in [-0.4, -0.2) is 18.4 Å². The quantitative estimate of drug-likeness (QED) is 0.653. The van der Waals surface area contributed by atoms with Gasteiger partial charge in [-0.1, -0.05) is 44.5 Å². The minimum Gasteiger partial charge on any atom is -0.396 e. The second-order valence-electron chi connectivity index (χ2n) is 7.40. The molecule has 0 unspecified atom stereocenters. The summed E-state index contributed by atoms with van der Waals surface area (Å²) in [6.07, 6.45) is 2.79. The van der Waals surface area contributed by atoms with E-state index in [0.29, 0.717) is 27.7 Å². The number of hydrogen-bond donors (Lipinski definition) is 2. The summed E-state index contributed by atoms with van der Waals surface area (Å²) in [5.74, 6) is 0. The van der Waals surface area contributed by atoms with Gasteiger partial charge in [0.2, 0.25) is 0 Å². The van der Waals surface area contributed by atoms with E-state index in [1.165, 1.54) is 12.5 Å². The van der Waals surface area contributed by atoms with Crippen LogP contribution >= 0.6 is 11.6 Å². The lowest BCUT2D eigenvalue weighted by atomic mass is 9.87. The van der Waals surface area contributed by atoms with Crippen molar-refractivity contribution in [3.63, 3.8) is 0 Å². The maximum atomic E-state index is 12.9. The Bertz CT molecular complexity index is 1110. The number of aromatic nitrogens is 2. The lowest BCUT2D eigenvalue weighted by Gasteiger charge is -2.19. The molecule has 0 aliphatic heterocycles. The molecule has 8 heteroatoms. The number of nitrogens with two attached hydrogens (primary N) is 1. The van der Waals surface area contributed by atoms with Crippen LogP contribution in [0.4, 0.5) is 11.4 Å². The SMILES string of the molecule is CC(C)(C)c1ccc(S(=O)(=O)Nc2ccc(Cl)cc2-c2ncncc2N)cc1. The zero-order valence-corrected chi connectivity index (χ0v) is 17.3. The number of halogens is 1. The molecule has 0 bridgehead atoms. The molecule has 0 atom stereocenters. The summed E-state index contributed by atoms with van der Waals surface area (Å²) in [7, 11) is -3.81. The highest BCUT2D eigenvalue weighted by atomic mass is 35.5. The summed E-state index contributed by atoms with van der Waals surface area (Å²) in [5.41, 5.74) is 8.46. The normalized spacial score (nSPS) is 12.0. The Kier molecular flexibility index (Phi) is 5.32. The number of nitrogens with zero attached hydrogens (tertiary/aromatic N) is 2. The summed E-state index contributed by atoms with van der Waals surface area (Å²) in [6, 6.07) is 11.6. The summed E-state index contributed by atoms with van der Waals surface area (Å²) < 4.78 is 28.4. The van der Waals surface area contributed by atoms with Gasteiger partial charge in [-0.15, -0.1) is 0 Å². The molecule has 0 saturated heterocycles. The molecule has 1 aromatic heterocycles. The monoisotopic (exact) mass is 416 g/mol. The molecule has 0 saturated carbocycles. The number of anilines is 2. The third kappa shape index (κ3) is 4.26. The molecule has 146 valence electrons. The van der Waals surface area contributed by atoms with E-state index < -0.39 is 10.0 Å². The van der Waals surface area contributed by atoms with Gasteiger partial charge in [0, 0.05) is 10.6 Å². The second kappa shape index (κ2) is 7.41. The van der Waals surface area contributed by atoms with Gasteiger partial charge in [-0.05, 0) is 41.3 Å². The smallest absolute Gasteiger partial charge is 0.261 e. The van der Waals surface area contributed by atoms with Crippen molar-refractivity contribution < 1.29 is 8.42 Å². The lowest BCUT2D eigenvalue weighted by Crippen LogP contribution is -2.15. The van der Waals surface area contributed by atoms with E-state index in [1.807, 2.05) is 12.1 Å². The molecule has 0 spiro atoms. The molecule has 6 nitrogen and oxygen atoms in total. The number of nitrogens with one attached hydrogen (secondary N) is 1. The van der Waals surface area contributed by atoms with Crippen LogP contribution in [0.5, 0.6) is 0 Å². The first-order chi connectivity index (χ1) is 13.1. The van der Waals surface area contributed by atoms with Gasteiger partial charge in [0.25, 0.3) is 10.0 Å². The van der Waals surface area contributed by atoms with Crippen molar-refractivity contribution in [1.29, 1.82) is 0 Å². The first-order valence-corrected chi connectivity index (χ1v) is 10.4. The molecule has 3 aromatic rings. The Labute approximate surface area is 169 Å². The third-order valence-electron chi connectivity index (χ3n) is 4.25. The Morgan fingerprint density at radius 3 is 2.36 bits per heavy atom. The average molecular weight is 417 g/mol. The summed E-state index contributed by atoms with van der Waals surface area (Å²) in [4.78, 5) is 8.19. The van der Waals surface area contributed by atoms with Crippen molar-refractivity contribution in [3.8, 4) is 11.3 Å². The number of rotatable bonds is 4. The standard InChI is InChI=1S/C20H21ClN4O2S/c1-20(2,3)13-4-7-15(8-5-13)28(26,27)25-18-9-6-14(21)10-16(18)19-17(22)11-23-12-24-19/h4-12,25H,22H2,1-3H3. The zero-order valence-electron chi connectivity index (χ0n) is 15.8. The van der Waals surface area contributed by atoms with Gasteiger partial charge in [0.15, 0.2) is 0 Å². The summed E-state index contributed by atoms with van der Waals surface area (Å²) >= 11 is 6.11. The Morgan fingerprint density at radius 1 is 1.07 bits per heavy atom. The minimum atomic E-state index is -3.81. The van der Waals surface area contributed by atoms with E-state index in [0.717, 1.165) is 5.56 Å². The number of hydrogen-bond acceptors (Lipinski definition) is 5. The van der Waals surface area contributed by atoms with Crippen molar-refractivity contribution in [2.24, 2.45) is 0 Å². The minimum absolute atomic E-state index is 0.0659. The molecule has 2 aromatic carbocycles. The highest BCUT2D eigenvalue weighted by Crippen LogP contribution is 2.34. The van der Waals surface area contributed by atoms with E-state index in [4.69, 9.17) is 17.3 Å². The van der Waals surface area contributed by atoms with Crippen molar-refractivity contribution >= 4 is 33.0 Å². The van der Waals surface area contributed by atoms with E-state index in [-0.39, 0.29) is 10.3 Å². The van der Waals surface area contributed by atoms with Gasteiger partial charge in [0.1, 0.15) is 6.33 Å². The Morgan fingerprint density at radius 2 is 1.75 bits per heavy atom. The Hall–Kier alpha value is -2.64. The summed E-state index contributed by atoms with van der Waals surface area (Å²) in [5, 5.41) is 0.436. The first-order valence-electron chi connectivity index (χ1n) is 8.57. The number of sulfonamides is 1. The van der Waals surface area contributed by atoms with Gasteiger partial charge in [0.05, 0.1) is 28.2 Å². The second-order valence-corrected chi connectivity index (χ2v) is 9.52. The van der Waals surface area contributed by atoms with Crippen molar-refractivity contribution in [1.82, 2.24) is 9.97 Å². The molecule has 0 radical (unpaired) electrons. The predicted molar refractivity (Wildman–Crippen MR) is 113 cm³/mol. The van der Waals surface area contributed by atoms with E-state index in [2.05, 4.69) is 35.5 Å². The molecule has 0 aliphatic rings. The molecular weight excluding hydrogens is 396 g/mol. The molecule has 0 amide bonds. The first kappa shape index (κ1) is 20.1. The molecule has 3 rings (SSSR count). The molecule has 28 heavy (non-hydrogen) atoms. The predicted octanol–water partition coefficient (Wildman–Crippen LogP) is 4.48. The lowest BCUT2D eigenvalue weighted by molar-refractivity contribution is 0.587. The van der Waals surface area contributed by atoms with Gasteiger partial charge >= 0.3 is 0 Å². The summed E-state index contributed by atoms with van der Waals surface area (Å²) in [6.45, 7) is 6.21. The highest BCUT2D eigenvalue weighted by molar-refractivity contribution is 7.92. The topological polar surface area (TPSA) is 98.0 Å². The van der Waals surface area contributed by atoms with Crippen LogP contribution in [0.15, 0.2) is 59.9 Å². The largest absolute Gasteiger partial charge is 0.396 e. The van der Waals surface area contributed by atoms with Crippen LogP contribution in [0.25, 0.3) is 11.3 Å². The third-order valence-corrected chi connectivity index (χ3v) is 5.87. The van der Waals surface area contributed by atoms with Crippen LogP contribution in [-0.2, 0) is 15.4 Å². The fraction of sp³-hybridized carbons (Fsp3) is 0.200. The molecule has 3 N–H and O–H groups in total. The molecular formula is C20H21ClN4O2S. The number of nitrogen functional groups attached to an aromatic ring is 1. The molecule has 0 fully saturated rings. The van der Waals surface area contributed by atoms with Crippen LogP contribution in [0.1, 0.15) is 26.3 Å². The maximum Gasteiger partial charge on any atom is 0.261 e. The van der Waals surface area contributed by atoms with E-state index >= 15 is 0 Å². The van der Waals surface area contributed by atoms with Gasteiger partial charge < -0.3 is 5.73 Å². The Balaban J connectivity index is 2.01. The van der Waals surface area contributed by atoms with Crippen LogP contribution in [0.2, 0.25) is 5.02 Å². The van der Waals surface area contributed by atoms with Crippen molar-refractivity contribution in [2.45, 2.75) is 31.1 Å². The fourth-order valence-electron chi connectivity index (χ4n) is 2.70. The van der Waals surface area contributed by atoms with Crippen molar-refractivity contribution in [2.75, 3.05) is 10.5 Å². The molecule has 1 heterocycles. The van der Waals surface area contributed by atoms with Crippen molar-refractivity contribution in [3.05, 3.63) is 65.6 Å². The zero-order chi connectivity index (χ0) is 20.5. The average Bonchev–Trinajstić information content (AvgIpc) is 2.63. The van der Waals surface area contributed by atoms with Crippen LogP contribution < -0.4 is 10.5 Å². The van der Waals surface area contributed by atoms with Gasteiger partial charge in [-0.3, -0.25) is 4.72 Å². The number of benzene rings is 2. The van der Waals surface area contributed by atoms with Gasteiger partial charge in [-0.25, -0.2) is 18.4 Å². The highest BCUT2D eigenvalue weighted by Gasteiger charge is 2.20. The van der Waals surface area contributed by atoms with Gasteiger partial charge in [-0.2, -0.15) is 0 Å². The van der Waals surface area contributed by atoms with Crippen LogP contribution in [0, 0.1) is 0 Å². The van der Waals surface area contributed by atoms with E-state index in [1.54, 1.807) is 30.3 Å². The van der Waals surface area contributed by atoms with Crippen LogP contribution in [0.3, 0.4) is 0 Å². The maximum absolute atomic E-state index is 12.9.